The van der Waals surface area contributed by atoms with E-state index in [1.807, 2.05) is 50.2 Å². The summed E-state index contributed by atoms with van der Waals surface area (Å²) in [5.74, 6) is -0.398. The molecule has 0 aliphatic rings. The van der Waals surface area contributed by atoms with E-state index in [-0.39, 0.29) is 24.8 Å². The molecule has 0 heterocycles. The summed E-state index contributed by atoms with van der Waals surface area (Å²) in [6, 6.07) is 14.2. The Bertz CT molecular complexity index is 1070. The number of anilines is 1. The predicted molar refractivity (Wildman–Crippen MR) is 140 cm³/mol. The van der Waals surface area contributed by atoms with Gasteiger partial charge in [0.1, 0.15) is 6.04 Å². The maximum absolute atomic E-state index is 13.2. The topological polar surface area (TPSA) is 86.8 Å². The van der Waals surface area contributed by atoms with Gasteiger partial charge in [0.05, 0.1) is 11.9 Å². The van der Waals surface area contributed by atoms with Crippen LogP contribution in [-0.2, 0) is 26.2 Å². The third-order valence-corrected chi connectivity index (χ3v) is 7.23. The van der Waals surface area contributed by atoms with Gasteiger partial charge >= 0.3 is 0 Å². The first-order valence-electron chi connectivity index (χ1n) is 11.4. The molecule has 0 saturated carbocycles. The van der Waals surface area contributed by atoms with Crippen LogP contribution in [0.15, 0.2) is 53.0 Å². The summed E-state index contributed by atoms with van der Waals surface area (Å²) in [6.45, 7) is 6.56. The summed E-state index contributed by atoms with van der Waals surface area (Å²) in [4.78, 5) is 27.4. The van der Waals surface area contributed by atoms with Gasteiger partial charge in [-0.2, -0.15) is 0 Å². The van der Waals surface area contributed by atoms with Gasteiger partial charge in [0.15, 0.2) is 0 Å². The van der Waals surface area contributed by atoms with Gasteiger partial charge in [0, 0.05) is 30.5 Å². The standard InChI is InChI=1S/C25H34BrN3O4S/c1-5-16-27-25(31)20(3)28(18-21-12-14-22(26)15-13-21)24(30)11-8-17-29(34(4,32)33)23-10-7-6-9-19(23)2/h6-7,9-10,12-15,20H,5,8,11,16-18H2,1-4H3,(H,27,31)/t20-/m1/s1. The molecule has 186 valence electrons. The third kappa shape index (κ3) is 8.13. The van der Waals surface area contributed by atoms with Crippen molar-refractivity contribution in [3.05, 3.63) is 64.1 Å². The van der Waals surface area contributed by atoms with E-state index in [9.17, 15) is 18.0 Å². The maximum atomic E-state index is 13.2. The number of hydrogen-bond donors (Lipinski definition) is 1. The molecule has 2 amide bonds. The van der Waals surface area contributed by atoms with Gasteiger partial charge in [0.2, 0.25) is 21.8 Å². The molecule has 0 radical (unpaired) electrons. The maximum Gasteiger partial charge on any atom is 0.242 e. The Kier molecular flexibility index (Phi) is 10.6. The van der Waals surface area contributed by atoms with Crippen LogP contribution in [0.3, 0.4) is 0 Å². The summed E-state index contributed by atoms with van der Waals surface area (Å²) < 4.78 is 27.1. The van der Waals surface area contributed by atoms with Crippen LogP contribution in [0.2, 0.25) is 0 Å². The number of amides is 2. The Morgan fingerprint density at radius 2 is 1.74 bits per heavy atom. The highest BCUT2D eigenvalue weighted by Gasteiger charge is 2.26. The van der Waals surface area contributed by atoms with Gasteiger partial charge < -0.3 is 10.2 Å². The molecule has 0 aromatic heterocycles. The van der Waals surface area contributed by atoms with Gasteiger partial charge in [-0.1, -0.05) is 53.2 Å². The van der Waals surface area contributed by atoms with Crippen molar-refractivity contribution in [2.75, 3.05) is 23.7 Å². The minimum Gasteiger partial charge on any atom is -0.354 e. The van der Waals surface area contributed by atoms with E-state index in [0.29, 0.717) is 25.2 Å². The molecule has 0 aliphatic carbocycles. The van der Waals surface area contributed by atoms with Crippen LogP contribution in [-0.4, -0.2) is 50.5 Å². The zero-order valence-electron chi connectivity index (χ0n) is 20.3. The van der Waals surface area contributed by atoms with Crippen molar-refractivity contribution in [1.29, 1.82) is 0 Å². The second kappa shape index (κ2) is 12.9. The van der Waals surface area contributed by atoms with E-state index in [2.05, 4.69) is 21.2 Å². The molecule has 0 spiro atoms. The molecule has 0 aliphatic heterocycles. The molecule has 7 nitrogen and oxygen atoms in total. The minimum atomic E-state index is -3.51. The lowest BCUT2D eigenvalue weighted by atomic mass is 10.1. The van der Waals surface area contributed by atoms with Crippen LogP contribution in [0, 0.1) is 6.92 Å². The molecule has 2 aromatic rings. The molecule has 9 heteroatoms. The highest BCUT2D eigenvalue weighted by molar-refractivity contribution is 9.10. The minimum absolute atomic E-state index is 0.125. The summed E-state index contributed by atoms with van der Waals surface area (Å²) in [5.41, 5.74) is 2.36. The number of hydrogen-bond acceptors (Lipinski definition) is 4. The predicted octanol–water partition coefficient (Wildman–Crippen LogP) is 4.25. The normalized spacial score (nSPS) is 12.1. The Morgan fingerprint density at radius 3 is 2.32 bits per heavy atom. The number of sulfonamides is 1. The summed E-state index contributed by atoms with van der Waals surface area (Å²) in [7, 11) is -3.51. The van der Waals surface area contributed by atoms with Crippen LogP contribution in [0.4, 0.5) is 5.69 Å². The quantitative estimate of drug-likeness (QED) is 0.427. The SMILES string of the molecule is CCCNC(=O)[C@@H](C)N(Cc1ccc(Br)cc1)C(=O)CCCN(c1ccccc1C)S(C)(=O)=O. The molecule has 0 saturated heterocycles. The van der Waals surface area contributed by atoms with Crippen LogP contribution in [0.25, 0.3) is 0 Å². The number of rotatable bonds is 12. The lowest BCUT2D eigenvalue weighted by Crippen LogP contribution is -2.47. The third-order valence-electron chi connectivity index (χ3n) is 5.52. The molecule has 0 unspecified atom stereocenters. The van der Waals surface area contributed by atoms with Gasteiger partial charge in [-0.3, -0.25) is 13.9 Å². The zero-order valence-corrected chi connectivity index (χ0v) is 22.7. The molecule has 0 bridgehead atoms. The van der Waals surface area contributed by atoms with Crippen molar-refractivity contribution < 1.29 is 18.0 Å². The Hall–Kier alpha value is -2.39. The average molecular weight is 553 g/mol. The molecular weight excluding hydrogens is 518 g/mol. The number of benzene rings is 2. The van der Waals surface area contributed by atoms with E-state index in [4.69, 9.17) is 0 Å². The van der Waals surface area contributed by atoms with Crippen molar-refractivity contribution in [1.82, 2.24) is 10.2 Å². The molecule has 34 heavy (non-hydrogen) atoms. The van der Waals surface area contributed by atoms with Crippen LogP contribution in [0.1, 0.15) is 44.2 Å². The van der Waals surface area contributed by atoms with Crippen molar-refractivity contribution in [2.45, 2.75) is 52.6 Å². The average Bonchev–Trinajstić information content (AvgIpc) is 2.79. The monoisotopic (exact) mass is 551 g/mol. The molecular formula is C25H34BrN3O4S. The second-order valence-corrected chi connectivity index (χ2v) is 11.2. The lowest BCUT2D eigenvalue weighted by molar-refractivity contribution is -0.140. The van der Waals surface area contributed by atoms with Gasteiger partial charge in [0.25, 0.3) is 0 Å². The number of carbonyl (C=O) groups excluding carboxylic acids is 2. The number of nitrogens with one attached hydrogen (secondary N) is 1. The highest BCUT2D eigenvalue weighted by atomic mass is 79.9. The largest absolute Gasteiger partial charge is 0.354 e. The highest BCUT2D eigenvalue weighted by Crippen LogP contribution is 2.23. The van der Waals surface area contributed by atoms with E-state index in [1.54, 1.807) is 24.0 Å². The van der Waals surface area contributed by atoms with E-state index in [0.717, 1.165) is 22.0 Å². The fourth-order valence-corrected chi connectivity index (χ4v) is 4.88. The number of carbonyl (C=O) groups is 2. The number of para-hydroxylation sites is 1. The van der Waals surface area contributed by atoms with Crippen LogP contribution < -0.4 is 9.62 Å². The van der Waals surface area contributed by atoms with E-state index in [1.165, 1.54) is 10.6 Å². The Morgan fingerprint density at radius 1 is 1.09 bits per heavy atom. The van der Waals surface area contributed by atoms with Crippen molar-refractivity contribution >= 4 is 43.5 Å². The first kappa shape index (κ1) is 27.9. The van der Waals surface area contributed by atoms with Crippen LogP contribution >= 0.6 is 15.9 Å². The van der Waals surface area contributed by atoms with Crippen molar-refractivity contribution in [3.8, 4) is 0 Å². The van der Waals surface area contributed by atoms with Crippen LogP contribution in [0.5, 0.6) is 0 Å². The summed E-state index contributed by atoms with van der Waals surface area (Å²) in [5, 5.41) is 2.86. The fraction of sp³-hybridized carbons (Fsp3) is 0.440. The Balaban J connectivity index is 2.15. The summed E-state index contributed by atoms with van der Waals surface area (Å²) >= 11 is 3.41. The summed E-state index contributed by atoms with van der Waals surface area (Å²) in [6.07, 6.45) is 2.43. The van der Waals surface area contributed by atoms with Gasteiger partial charge in [-0.25, -0.2) is 8.42 Å². The smallest absolute Gasteiger partial charge is 0.242 e. The first-order valence-corrected chi connectivity index (χ1v) is 14.0. The number of aryl methyl sites for hydroxylation is 1. The number of halogens is 1. The fourth-order valence-electron chi connectivity index (χ4n) is 3.59. The van der Waals surface area contributed by atoms with Crippen molar-refractivity contribution in [3.63, 3.8) is 0 Å². The van der Waals surface area contributed by atoms with Crippen molar-refractivity contribution in [2.24, 2.45) is 0 Å². The second-order valence-electron chi connectivity index (χ2n) is 8.34. The first-order chi connectivity index (χ1) is 16.0. The van der Waals surface area contributed by atoms with E-state index < -0.39 is 16.1 Å². The molecule has 2 rings (SSSR count). The lowest BCUT2D eigenvalue weighted by Gasteiger charge is -2.29. The molecule has 2 aromatic carbocycles. The number of nitrogens with zero attached hydrogens (tertiary/aromatic N) is 2. The molecule has 1 N–H and O–H groups in total. The van der Waals surface area contributed by atoms with Gasteiger partial charge in [-0.15, -0.1) is 0 Å². The van der Waals surface area contributed by atoms with E-state index >= 15 is 0 Å². The Labute approximate surface area is 211 Å². The molecule has 0 fully saturated rings. The zero-order chi connectivity index (χ0) is 25.3. The van der Waals surface area contributed by atoms with Gasteiger partial charge in [-0.05, 0) is 56.0 Å². The molecule has 1 atom stereocenters.